The molecule has 0 unspecified atom stereocenters. The van der Waals surface area contributed by atoms with Gasteiger partial charge < -0.3 is 10.6 Å². The van der Waals surface area contributed by atoms with E-state index in [2.05, 4.69) is 25.8 Å². The van der Waals surface area contributed by atoms with Crippen molar-refractivity contribution >= 4 is 23.2 Å². The number of hydrogen-bond donors (Lipinski definition) is 3. The Kier molecular flexibility index (Phi) is 5.89. The summed E-state index contributed by atoms with van der Waals surface area (Å²) >= 11 is 5.93. The normalized spacial score (nSPS) is 12.9. The topological polar surface area (TPSA) is 82.7 Å². The van der Waals surface area contributed by atoms with E-state index in [9.17, 15) is 18.0 Å². The highest BCUT2D eigenvalue weighted by atomic mass is 35.5. The molecule has 1 aromatic heterocycles. The first-order valence-corrected chi connectivity index (χ1v) is 7.81. The number of nitrogens with zero attached hydrogens (tertiary/aromatic N) is 2. The fraction of sp³-hybridized carbons (Fsp3) is 0.400. The number of aromatic amines is 1. The highest BCUT2D eigenvalue weighted by molar-refractivity contribution is 6.33. The molecule has 1 aromatic carbocycles. The van der Waals surface area contributed by atoms with Crippen LogP contribution in [0.5, 0.6) is 0 Å². The molecule has 0 radical (unpaired) electrons. The second-order valence-corrected chi connectivity index (χ2v) is 6.12. The van der Waals surface area contributed by atoms with Crippen molar-refractivity contribution in [3.63, 3.8) is 0 Å². The lowest BCUT2D eigenvalue weighted by molar-refractivity contribution is -0.137. The Hall–Kier alpha value is -2.29. The number of aromatic nitrogens is 3. The summed E-state index contributed by atoms with van der Waals surface area (Å²) in [5.74, 6) is 0.0267. The monoisotopic (exact) mass is 375 g/mol. The van der Waals surface area contributed by atoms with Crippen molar-refractivity contribution in [2.45, 2.75) is 32.6 Å². The van der Waals surface area contributed by atoms with Gasteiger partial charge in [0, 0.05) is 0 Å². The number of H-pyrrole nitrogens is 1. The highest BCUT2D eigenvalue weighted by Gasteiger charge is 2.31. The summed E-state index contributed by atoms with van der Waals surface area (Å²) < 4.78 is 38.1. The van der Waals surface area contributed by atoms with Gasteiger partial charge in [0.2, 0.25) is 5.91 Å². The van der Waals surface area contributed by atoms with Crippen molar-refractivity contribution in [3.05, 3.63) is 40.9 Å². The maximum Gasteiger partial charge on any atom is 0.416 e. The summed E-state index contributed by atoms with van der Waals surface area (Å²) in [6.07, 6.45) is -3.16. The molecule has 2 rings (SSSR count). The smallest absolute Gasteiger partial charge is 0.372 e. The molecule has 0 aliphatic heterocycles. The third-order valence-electron chi connectivity index (χ3n) is 3.45. The van der Waals surface area contributed by atoms with E-state index in [1.807, 2.05) is 13.8 Å². The molecule has 0 aliphatic rings. The lowest BCUT2D eigenvalue weighted by Crippen LogP contribution is -2.42. The van der Waals surface area contributed by atoms with Crippen LogP contribution in [0.4, 0.5) is 18.9 Å². The molecule has 2 aromatic rings. The molecule has 0 saturated carbocycles. The van der Waals surface area contributed by atoms with Crippen LogP contribution < -0.4 is 10.6 Å². The second kappa shape index (κ2) is 7.73. The van der Waals surface area contributed by atoms with Crippen molar-refractivity contribution in [1.29, 1.82) is 0 Å². The lowest BCUT2D eigenvalue weighted by Gasteiger charge is -2.23. The molecule has 10 heteroatoms. The van der Waals surface area contributed by atoms with Gasteiger partial charge in [-0.25, -0.2) is 4.98 Å². The number of nitrogens with one attached hydrogen (secondary N) is 3. The van der Waals surface area contributed by atoms with Crippen LogP contribution in [-0.4, -0.2) is 27.1 Å². The van der Waals surface area contributed by atoms with Crippen LogP contribution in [0.2, 0.25) is 5.02 Å². The fourth-order valence-electron chi connectivity index (χ4n) is 2.11. The Balaban J connectivity index is 2.09. The minimum atomic E-state index is -4.48. The number of benzene rings is 1. The van der Waals surface area contributed by atoms with Gasteiger partial charge >= 0.3 is 6.18 Å². The van der Waals surface area contributed by atoms with Crippen LogP contribution in [0, 0.1) is 5.92 Å². The van der Waals surface area contributed by atoms with Crippen LogP contribution in [0.25, 0.3) is 0 Å². The van der Waals surface area contributed by atoms with Gasteiger partial charge in [0.1, 0.15) is 18.2 Å². The molecule has 1 amide bonds. The van der Waals surface area contributed by atoms with Gasteiger partial charge in [0.15, 0.2) is 0 Å². The molecule has 136 valence electrons. The molecule has 1 heterocycles. The van der Waals surface area contributed by atoms with Crippen LogP contribution in [-0.2, 0) is 17.5 Å². The first kappa shape index (κ1) is 19.0. The van der Waals surface area contributed by atoms with Crippen molar-refractivity contribution in [2.24, 2.45) is 5.92 Å². The minimum Gasteiger partial charge on any atom is -0.372 e. The first-order valence-electron chi connectivity index (χ1n) is 7.43. The third-order valence-corrected chi connectivity index (χ3v) is 3.76. The average molecular weight is 376 g/mol. The van der Waals surface area contributed by atoms with E-state index in [0.29, 0.717) is 5.82 Å². The number of hydrogen-bond acceptors (Lipinski definition) is 4. The zero-order chi connectivity index (χ0) is 18.6. The number of halogens is 4. The van der Waals surface area contributed by atoms with Gasteiger partial charge in [0.25, 0.3) is 0 Å². The predicted octanol–water partition coefficient (Wildman–Crippen LogP) is 3.23. The molecular weight excluding hydrogens is 359 g/mol. The molecule has 3 N–H and O–H groups in total. The van der Waals surface area contributed by atoms with Gasteiger partial charge in [-0.1, -0.05) is 25.4 Å². The van der Waals surface area contributed by atoms with Crippen LogP contribution >= 0.6 is 11.6 Å². The van der Waals surface area contributed by atoms with Crippen molar-refractivity contribution in [3.8, 4) is 0 Å². The molecule has 1 atom stereocenters. The first-order chi connectivity index (χ1) is 11.7. The lowest BCUT2D eigenvalue weighted by atomic mass is 10.0. The number of carbonyl (C=O) groups is 1. The molecular formula is C15H17ClF3N5O. The third kappa shape index (κ3) is 5.09. The highest BCUT2D eigenvalue weighted by Crippen LogP contribution is 2.34. The molecule has 25 heavy (non-hydrogen) atoms. The largest absolute Gasteiger partial charge is 0.416 e. The molecule has 0 bridgehead atoms. The molecule has 0 saturated heterocycles. The number of carbonyl (C=O) groups excluding carboxylic acids is 1. The van der Waals surface area contributed by atoms with Crippen molar-refractivity contribution in [2.75, 3.05) is 5.32 Å². The molecule has 0 fully saturated rings. The standard InChI is InChI=1S/C15H17ClF3N5O/c1-8(2)13(14(25)20-6-12-21-7-22-24-12)23-11-4-3-9(5-10(11)16)15(17,18)19/h3-5,7-8,13,23H,6H2,1-2H3,(H,20,25)(H,21,22,24)/t13-/m0/s1. The number of amides is 1. The summed E-state index contributed by atoms with van der Waals surface area (Å²) in [5, 5.41) is 11.8. The van der Waals surface area contributed by atoms with E-state index in [1.54, 1.807) is 0 Å². The average Bonchev–Trinajstić information content (AvgIpc) is 3.03. The molecule has 6 nitrogen and oxygen atoms in total. The van der Waals surface area contributed by atoms with E-state index in [-0.39, 0.29) is 29.1 Å². The van der Waals surface area contributed by atoms with E-state index >= 15 is 0 Å². The minimum absolute atomic E-state index is 0.108. The zero-order valence-electron chi connectivity index (χ0n) is 13.5. The maximum absolute atomic E-state index is 12.7. The second-order valence-electron chi connectivity index (χ2n) is 5.71. The van der Waals surface area contributed by atoms with E-state index in [1.165, 1.54) is 12.4 Å². The predicted molar refractivity (Wildman–Crippen MR) is 86.9 cm³/mol. The van der Waals surface area contributed by atoms with Gasteiger partial charge in [-0.2, -0.15) is 18.3 Å². The SMILES string of the molecule is CC(C)[C@H](Nc1ccc(C(F)(F)F)cc1Cl)C(=O)NCc1ncn[nH]1. The molecule has 0 spiro atoms. The van der Waals surface area contributed by atoms with Crippen molar-refractivity contribution < 1.29 is 18.0 Å². The summed E-state index contributed by atoms with van der Waals surface area (Å²) in [7, 11) is 0. The van der Waals surface area contributed by atoms with Crippen LogP contribution in [0.1, 0.15) is 25.2 Å². The van der Waals surface area contributed by atoms with Crippen LogP contribution in [0.15, 0.2) is 24.5 Å². The van der Waals surface area contributed by atoms with Gasteiger partial charge in [-0.05, 0) is 24.1 Å². The van der Waals surface area contributed by atoms with Gasteiger partial charge in [-0.3, -0.25) is 9.89 Å². The summed E-state index contributed by atoms with van der Waals surface area (Å²) in [6, 6.07) is 2.27. The summed E-state index contributed by atoms with van der Waals surface area (Å²) in [6.45, 7) is 3.78. The Morgan fingerprint density at radius 1 is 1.36 bits per heavy atom. The zero-order valence-corrected chi connectivity index (χ0v) is 14.2. The summed E-state index contributed by atoms with van der Waals surface area (Å²) in [4.78, 5) is 16.3. The molecule has 0 aliphatic carbocycles. The summed E-state index contributed by atoms with van der Waals surface area (Å²) in [5.41, 5.74) is -0.595. The van der Waals surface area contributed by atoms with E-state index in [4.69, 9.17) is 11.6 Å². The van der Waals surface area contributed by atoms with Crippen LogP contribution in [0.3, 0.4) is 0 Å². The Labute approximate surface area is 147 Å². The van der Waals surface area contributed by atoms with Crippen molar-refractivity contribution in [1.82, 2.24) is 20.5 Å². The fourth-order valence-corrected chi connectivity index (χ4v) is 2.34. The van der Waals surface area contributed by atoms with E-state index < -0.39 is 17.8 Å². The van der Waals surface area contributed by atoms with Gasteiger partial charge in [0.05, 0.1) is 22.8 Å². The quantitative estimate of drug-likeness (QED) is 0.724. The Morgan fingerprint density at radius 2 is 2.08 bits per heavy atom. The van der Waals surface area contributed by atoms with Gasteiger partial charge in [-0.15, -0.1) is 0 Å². The Bertz CT molecular complexity index is 718. The number of rotatable bonds is 6. The number of alkyl halides is 3. The van der Waals surface area contributed by atoms with E-state index in [0.717, 1.165) is 12.1 Å². The maximum atomic E-state index is 12.7. The number of anilines is 1. The Morgan fingerprint density at radius 3 is 2.60 bits per heavy atom.